The van der Waals surface area contributed by atoms with Crippen molar-refractivity contribution in [3.63, 3.8) is 0 Å². The summed E-state index contributed by atoms with van der Waals surface area (Å²) in [4.78, 5) is 42.8. The predicted molar refractivity (Wildman–Crippen MR) is 147 cm³/mol. The minimum Gasteiger partial charge on any atom is -0.393 e. The van der Waals surface area contributed by atoms with Crippen molar-refractivity contribution in [3.8, 4) is 0 Å². The molecule has 1 saturated heterocycles. The molecule has 0 spiro atoms. The number of nitrogens with one attached hydrogen (secondary N) is 3. The Hall–Kier alpha value is -4.69. The molecule has 2 amide bonds. The summed E-state index contributed by atoms with van der Waals surface area (Å²) in [5.41, 5.74) is 4.17. The Balaban J connectivity index is 1.17. The molecular weight excluding hydrogens is 480 g/mol. The molecule has 1 aliphatic rings. The number of amides is 2. The molecule has 192 valence electrons. The fraction of sp³-hybridized carbons (Fsp3) is 0.167. The normalized spacial score (nSPS) is 13.7. The first-order chi connectivity index (χ1) is 18.5. The van der Waals surface area contributed by atoms with E-state index in [1.165, 1.54) is 0 Å². The lowest BCUT2D eigenvalue weighted by molar-refractivity contribution is 0.101. The van der Waals surface area contributed by atoms with Gasteiger partial charge < -0.3 is 25.6 Å². The van der Waals surface area contributed by atoms with E-state index in [1.54, 1.807) is 79.0 Å². The van der Waals surface area contributed by atoms with Gasteiger partial charge in [0.25, 0.3) is 11.8 Å². The Morgan fingerprint density at radius 2 is 1.24 bits per heavy atom. The molecule has 8 nitrogen and oxygen atoms in total. The second-order valence-corrected chi connectivity index (χ2v) is 9.24. The molecule has 8 heteroatoms. The highest BCUT2D eigenvalue weighted by Gasteiger charge is 2.18. The van der Waals surface area contributed by atoms with E-state index in [-0.39, 0.29) is 23.7 Å². The van der Waals surface area contributed by atoms with Gasteiger partial charge in [0.15, 0.2) is 5.78 Å². The largest absolute Gasteiger partial charge is 0.393 e. The van der Waals surface area contributed by atoms with Crippen LogP contribution in [0.2, 0.25) is 0 Å². The van der Waals surface area contributed by atoms with Crippen LogP contribution in [0.1, 0.15) is 49.6 Å². The molecule has 0 saturated carbocycles. The number of hydrogen-bond acceptors (Lipinski definition) is 5. The maximum absolute atomic E-state index is 12.9. The van der Waals surface area contributed by atoms with Crippen LogP contribution in [-0.2, 0) is 0 Å². The average molecular weight is 509 g/mol. The number of nitrogens with zero attached hydrogens (tertiary/aromatic N) is 1. The number of benzene rings is 3. The minimum atomic E-state index is -0.259. The van der Waals surface area contributed by atoms with Crippen LogP contribution in [0.15, 0.2) is 91.1 Å². The van der Waals surface area contributed by atoms with E-state index in [9.17, 15) is 19.5 Å². The van der Waals surface area contributed by atoms with Gasteiger partial charge >= 0.3 is 0 Å². The number of aromatic nitrogens is 1. The van der Waals surface area contributed by atoms with Crippen molar-refractivity contribution in [2.24, 2.45) is 0 Å². The zero-order chi connectivity index (χ0) is 26.5. The first kappa shape index (κ1) is 25.0. The number of ketones is 1. The van der Waals surface area contributed by atoms with E-state index in [4.69, 9.17) is 0 Å². The van der Waals surface area contributed by atoms with Gasteiger partial charge in [-0.3, -0.25) is 14.4 Å². The van der Waals surface area contributed by atoms with Crippen LogP contribution < -0.4 is 15.5 Å². The summed E-state index contributed by atoms with van der Waals surface area (Å²) in [7, 11) is 0. The van der Waals surface area contributed by atoms with Crippen molar-refractivity contribution in [2.45, 2.75) is 18.9 Å². The fourth-order valence-corrected chi connectivity index (χ4v) is 4.40. The highest BCUT2D eigenvalue weighted by Crippen LogP contribution is 2.22. The molecule has 2 heterocycles. The number of rotatable bonds is 7. The van der Waals surface area contributed by atoms with Crippen molar-refractivity contribution < 1.29 is 19.5 Å². The maximum atomic E-state index is 12.9. The van der Waals surface area contributed by atoms with E-state index in [0.29, 0.717) is 33.8 Å². The Labute approximate surface area is 220 Å². The first-order valence-corrected chi connectivity index (χ1v) is 12.5. The number of aliphatic hydroxyl groups is 1. The summed E-state index contributed by atoms with van der Waals surface area (Å²) < 4.78 is 0. The van der Waals surface area contributed by atoms with Gasteiger partial charge in [0.05, 0.1) is 6.10 Å². The molecule has 0 aliphatic carbocycles. The van der Waals surface area contributed by atoms with Crippen LogP contribution in [-0.4, -0.2) is 46.9 Å². The van der Waals surface area contributed by atoms with Gasteiger partial charge in [-0.15, -0.1) is 0 Å². The molecule has 1 fully saturated rings. The van der Waals surface area contributed by atoms with Gasteiger partial charge in [0.1, 0.15) is 5.69 Å². The Morgan fingerprint density at radius 3 is 1.76 bits per heavy atom. The molecule has 1 aromatic heterocycles. The second kappa shape index (κ2) is 11.1. The monoisotopic (exact) mass is 508 g/mol. The minimum absolute atomic E-state index is 0.161. The average Bonchev–Trinajstić information content (AvgIpc) is 3.50. The third kappa shape index (κ3) is 5.82. The molecule has 38 heavy (non-hydrogen) atoms. The number of H-pyrrole nitrogens is 1. The van der Waals surface area contributed by atoms with E-state index in [2.05, 4.69) is 20.5 Å². The van der Waals surface area contributed by atoms with E-state index in [1.807, 2.05) is 12.1 Å². The SMILES string of the molecule is O=C(Nc1ccc(C(=O)c2ccc(NC(=O)c3ccc[nH]3)cc2)cc1)c1ccc(N2CCC(O)CC2)cc1. The van der Waals surface area contributed by atoms with Crippen molar-refractivity contribution in [1.82, 2.24) is 4.98 Å². The van der Waals surface area contributed by atoms with Crippen molar-refractivity contribution in [3.05, 3.63) is 114 Å². The summed E-state index contributed by atoms with van der Waals surface area (Å²) in [6.45, 7) is 1.60. The van der Waals surface area contributed by atoms with E-state index < -0.39 is 0 Å². The smallest absolute Gasteiger partial charge is 0.272 e. The third-order valence-electron chi connectivity index (χ3n) is 6.61. The topological polar surface area (TPSA) is 115 Å². The standard InChI is InChI=1S/C30H28N4O4/c35-26-15-18-34(19-16-26)25-13-7-22(8-14-25)29(37)32-23-9-3-20(4-10-23)28(36)21-5-11-24(12-6-21)33-30(38)27-2-1-17-31-27/h1-14,17,26,31,35H,15-16,18-19H2,(H,32,37)(H,33,38). The zero-order valence-electron chi connectivity index (χ0n) is 20.7. The molecule has 4 N–H and O–H groups in total. The summed E-state index contributed by atoms with van der Waals surface area (Å²) in [5, 5.41) is 15.3. The molecule has 1 aliphatic heterocycles. The van der Waals surface area contributed by atoms with Crippen LogP contribution in [0.4, 0.5) is 17.1 Å². The molecular formula is C30H28N4O4. The summed E-state index contributed by atoms with van der Waals surface area (Å²) >= 11 is 0. The molecule has 4 aromatic rings. The van der Waals surface area contributed by atoms with Crippen molar-refractivity contribution in [1.29, 1.82) is 0 Å². The summed E-state index contributed by atoms with van der Waals surface area (Å²) in [6, 6.07) is 24.3. The Bertz CT molecular complexity index is 1400. The molecule has 0 atom stereocenters. The van der Waals surface area contributed by atoms with Gasteiger partial charge in [-0.25, -0.2) is 0 Å². The van der Waals surface area contributed by atoms with Crippen LogP contribution in [0, 0.1) is 0 Å². The van der Waals surface area contributed by atoms with Gasteiger partial charge in [0, 0.05) is 53.0 Å². The molecule has 3 aromatic carbocycles. The van der Waals surface area contributed by atoms with E-state index in [0.717, 1.165) is 31.6 Å². The lowest BCUT2D eigenvalue weighted by atomic mass is 10.0. The Morgan fingerprint density at radius 1 is 0.711 bits per heavy atom. The Kier molecular flexibility index (Phi) is 7.33. The molecule has 0 unspecified atom stereocenters. The molecule has 0 radical (unpaired) electrons. The summed E-state index contributed by atoms with van der Waals surface area (Å²) in [5.74, 6) is -0.655. The lowest BCUT2D eigenvalue weighted by Crippen LogP contribution is -2.35. The van der Waals surface area contributed by atoms with Crippen LogP contribution in [0.5, 0.6) is 0 Å². The number of carbonyl (C=O) groups is 3. The predicted octanol–water partition coefficient (Wildman–Crippen LogP) is 4.71. The number of hydrogen-bond donors (Lipinski definition) is 4. The molecule has 5 rings (SSSR count). The van der Waals surface area contributed by atoms with Gasteiger partial charge in [-0.05, 0) is 97.8 Å². The quantitative estimate of drug-likeness (QED) is 0.270. The van der Waals surface area contributed by atoms with Crippen molar-refractivity contribution >= 4 is 34.7 Å². The second-order valence-electron chi connectivity index (χ2n) is 9.24. The number of aromatic amines is 1. The number of piperidine rings is 1. The first-order valence-electron chi connectivity index (χ1n) is 12.5. The highest BCUT2D eigenvalue weighted by molar-refractivity contribution is 6.10. The van der Waals surface area contributed by atoms with Gasteiger partial charge in [-0.1, -0.05) is 0 Å². The lowest BCUT2D eigenvalue weighted by Gasteiger charge is -2.31. The number of carbonyl (C=O) groups excluding carboxylic acids is 3. The van der Waals surface area contributed by atoms with Crippen LogP contribution >= 0.6 is 0 Å². The fourth-order valence-electron chi connectivity index (χ4n) is 4.40. The van der Waals surface area contributed by atoms with E-state index >= 15 is 0 Å². The molecule has 0 bridgehead atoms. The number of anilines is 3. The van der Waals surface area contributed by atoms with Crippen LogP contribution in [0.3, 0.4) is 0 Å². The maximum Gasteiger partial charge on any atom is 0.272 e. The number of aliphatic hydroxyl groups excluding tert-OH is 1. The summed E-state index contributed by atoms with van der Waals surface area (Å²) in [6.07, 6.45) is 2.94. The van der Waals surface area contributed by atoms with Crippen LogP contribution in [0.25, 0.3) is 0 Å². The van der Waals surface area contributed by atoms with Crippen molar-refractivity contribution in [2.75, 3.05) is 28.6 Å². The van der Waals surface area contributed by atoms with Gasteiger partial charge in [-0.2, -0.15) is 0 Å². The third-order valence-corrected chi connectivity index (χ3v) is 6.61. The van der Waals surface area contributed by atoms with Gasteiger partial charge in [0.2, 0.25) is 0 Å². The highest BCUT2D eigenvalue weighted by atomic mass is 16.3. The zero-order valence-corrected chi connectivity index (χ0v) is 20.7.